The predicted octanol–water partition coefficient (Wildman–Crippen LogP) is 8.18. The number of hydrogen-bond acceptors (Lipinski definition) is 4. The summed E-state index contributed by atoms with van der Waals surface area (Å²) in [6.45, 7) is 5.43. The molecule has 0 fully saturated rings. The molecule has 1 heterocycles. The number of phenols is 1. The van der Waals surface area contributed by atoms with Crippen LogP contribution in [-0.2, 0) is 4.74 Å². The molecule has 35 heavy (non-hydrogen) atoms. The molecule has 0 aliphatic carbocycles. The number of imidazole rings is 1. The molecule has 178 valence electrons. The number of nitrogens with zero attached hydrogens (tertiary/aromatic N) is 2. The van der Waals surface area contributed by atoms with Crippen LogP contribution in [0.1, 0.15) is 32.2 Å². The van der Waals surface area contributed by atoms with Gasteiger partial charge in [-0.25, -0.2) is 14.3 Å². The Bertz CT molecular complexity index is 1400. The van der Waals surface area contributed by atoms with Crippen molar-refractivity contribution in [3.05, 3.63) is 94.4 Å². The highest BCUT2D eigenvalue weighted by Gasteiger charge is 2.21. The quantitative estimate of drug-likeness (QED) is 0.303. The van der Waals surface area contributed by atoms with E-state index < -0.39 is 11.7 Å². The zero-order valence-electron chi connectivity index (χ0n) is 19.5. The van der Waals surface area contributed by atoms with Gasteiger partial charge in [0.2, 0.25) is 0 Å². The molecule has 0 aliphatic rings. The summed E-state index contributed by atoms with van der Waals surface area (Å²) in [6.07, 6.45) is 4.70. The van der Waals surface area contributed by atoms with Crippen molar-refractivity contribution in [2.75, 3.05) is 0 Å². The number of benzene rings is 3. The summed E-state index contributed by atoms with van der Waals surface area (Å²) < 4.78 is 6.94. The SMILES string of the molecule is CC(C)(C)OC(=O)n1cc(-c2ccc(Cl)cc2Cl)nc1/C=C/c1cccc(-c2ccc(O)cc2)c1. The Kier molecular flexibility index (Phi) is 7.01. The van der Waals surface area contributed by atoms with Crippen LogP contribution in [0.2, 0.25) is 10.0 Å². The number of ether oxygens (including phenoxy) is 1. The predicted molar refractivity (Wildman–Crippen MR) is 142 cm³/mol. The first-order chi connectivity index (χ1) is 16.6. The molecule has 0 unspecified atom stereocenters. The monoisotopic (exact) mass is 506 g/mol. The number of aromatic hydroxyl groups is 1. The van der Waals surface area contributed by atoms with Gasteiger partial charge < -0.3 is 9.84 Å². The van der Waals surface area contributed by atoms with Gasteiger partial charge in [0.05, 0.1) is 10.7 Å². The normalized spacial score (nSPS) is 11.7. The molecule has 0 amide bonds. The van der Waals surface area contributed by atoms with Gasteiger partial charge in [-0.3, -0.25) is 0 Å². The molecule has 0 saturated carbocycles. The Labute approximate surface area is 214 Å². The summed E-state index contributed by atoms with van der Waals surface area (Å²) in [5.41, 5.74) is 3.40. The molecule has 0 spiro atoms. The first-order valence-electron chi connectivity index (χ1n) is 10.9. The van der Waals surface area contributed by atoms with E-state index in [9.17, 15) is 9.90 Å². The third kappa shape index (κ3) is 6.13. The van der Waals surface area contributed by atoms with Crippen molar-refractivity contribution < 1.29 is 14.6 Å². The van der Waals surface area contributed by atoms with E-state index in [1.165, 1.54) is 4.57 Å². The largest absolute Gasteiger partial charge is 0.508 e. The Morgan fingerprint density at radius 1 is 0.971 bits per heavy atom. The van der Waals surface area contributed by atoms with Crippen LogP contribution in [0.25, 0.3) is 34.5 Å². The summed E-state index contributed by atoms with van der Waals surface area (Å²) in [7, 11) is 0. The van der Waals surface area contributed by atoms with Crippen LogP contribution in [0.15, 0.2) is 72.9 Å². The summed E-state index contributed by atoms with van der Waals surface area (Å²) in [5.74, 6) is 0.616. The van der Waals surface area contributed by atoms with E-state index in [4.69, 9.17) is 27.9 Å². The van der Waals surface area contributed by atoms with Gasteiger partial charge in [-0.1, -0.05) is 59.6 Å². The second-order valence-electron chi connectivity index (χ2n) is 8.96. The second-order valence-corrected chi connectivity index (χ2v) is 9.81. The van der Waals surface area contributed by atoms with Crippen molar-refractivity contribution in [2.24, 2.45) is 0 Å². The maximum atomic E-state index is 12.9. The smallest absolute Gasteiger partial charge is 0.420 e. The molecule has 4 rings (SSSR count). The summed E-state index contributed by atoms with van der Waals surface area (Å²) in [6, 6.07) is 20.0. The van der Waals surface area contributed by atoms with E-state index in [1.54, 1.807) is 42.6 Å². The third-order valence-corrected chi connectivity index (χ3v) is 5.59. The maximum absolute atomic E-state index is 12.9. The molecule has 3 aromatic carbocycles. The lowest BCUT2D eigenvalue weighted by molar-refractivity contribution is 0.0535. The molecule has 0 radical (unpaired) electrons. The second kappa shape index (κ2) is 9.98. The topological polar surface area (TPSA) is 64.4 Å². The summed E-state index contributed by atoms with van der Waals surface area (Å²) in [5, 5.41) is 10.5. The number of halogens is 2. The van der Waals surface area contributed by atoms with Crippen LogP contribution in [-0.4, -0.2) is 26.4 Å². The Morgan fingerprint density at radius 3 is 2.40 bits per heavy atom. The fraction of sp³-hybridized carbons (Fsp3) is 0.143. The first kappa shape index (κ1) is 24.6. The average molecular weight is 507 g/mol. The standard InChI is InChI=1S/C28H24Cl2N2O3/c1-28(2,3)35-27(34)32-17-25(23-13-10-21(29)16-24(23)30)31-26(32)14-7-18-5-4-6-20(15-18)19-8-11-22(33)12-9-19/h4-17,33H,1-3H3/b14-7+. The van der Waals surface area contributed by atoms with Gasteiger partial charge in [-0.05, 0) is 79.9 Å². The summed E-state index contributed by atoms with van der Waals surface area (Å²) >= 11 is 12.4. The number of rotatable bonds is 4. The van der Waals surface area contributed by atoms with Crippen LogP contribution >= 0.6 is 23.2 Å². The first-order valence-corrected chi connectivity index (χ1v) is 11.7. The molecule has 0 aliphatic heterocycles. The van der Waals surface area contributed by atoms with E-state index in [-0.39, 0.29) is 5.75 Å². The van der Waals surface area contributed by atoms with Gasteiger partial charge in [0.15, 0.2) is 0 Å². The van der Waals surface area contributed by atoms with Crippen LogP contribution in [0, 0.1) is 0 Å². The lowest BCUT2D eigenvalue weighted by Crippen LogP contribution is -2.27. The molecule has 4 aromatic rings. The highest BCUT2D eigenvalue weighted by molar-refractivity contribution is 6.36. The summed E-state index contributed by atoms with van der Waals surface area (Å²) in [4.78, 5) is 17.6. The number of carbonyl (C=O) groups excluding carboxylic acids is 1. The van der Waals surface area contributed by atoms with Gasteiger partial charge >= 0.3 is 6.09 Å². The van der Waals surface area contributed by atoms with Crippen LogP contribution in [0.5, 0.6) is 5.75 Å². The number of carbonyl (C=O) groups is 1. The van der Waals surface area contributed by atoms with E-state index in [2.05, 4.69) is 4.98 Å². The molecule has 5 nitrogen and oxygen atoms in total. The highest BCUT2D eigenvalue weighted by atomic mass is 35.5. The van der Waals surface area contributed by atoms with E-state index in [0.717, 1.165) is 16.7 Å². The molecule has 1 aromatic heterocycles. The van der Waals surface area contributed by atoms with Crippen molar-refractivity contribution in [1.82, 2.24) is 9.55 Å². The Morgan fingerprint density at radius 2 is 1.71 bits per heavy atom. The molecule has 7 heteroatoms. The van der Waals surface area contributed by atoms with Gasteiger partial charge in [-0.2, -0.15) is 0 Å². The van der Waals surface area contributed by atoms with Crippen molar-refractivity contribution >= 4 is 41.4 Å². The minimum Gasteiger partial charge on any atom is -0.508 e. The van der Waals surface area contributed by atoms with Gasteiger partial charge in [0.25, 0.3) is 0 Å². The van der Waals surface area contributed by atoms with Gasteiger partial charge in [-0.15, -0.1) is 0 Å². The molecule has 0 bridgehead atoms. The van der Waals surface area contributed by atoms with Crippen molar-refractivity contribution in [3.8, 4) is 28.1 Å². The van der Waals surface area contributed by atoms with Crippen molar-refractivity contribution in [2.45, 2.75) is 26.4 Å². The fourth-order valence-corrected chi connectivity index (χ4v) is 3.95. The molecule has 0 saturated heterocycles. The van der Waals surface area contributed by atoms with Gasteiger partial charge in [0, 0.05) is 16.8 Å². The number of hydrogen-bond donors (Lipinski definition) is 1. The zero-order valence-corrected chi connectivity index (χ0v) is 21.0. The minimum atomic E-state index is -0.668. The number of phenolic OH excluding ortho intramolecular Hbond substituents is 1. The minimum absolute atomic E-state index is 0.218. The van der Waals surface area contributed by atoms with Crippen LogP contribution in [0.3, 0.4) is 0 Å². The molecular weight excluding hydrogens is 483 g/mol. The highest BCUT2D eigenvalue weighted by Crippen LogP contribution is 2.31. The Balaban J connectivity index is 1.71. The third-order valence-electron chi connectivity index (χ3n) is 5.04. The van der Waals surface area contributed by atoms with E-state index >= 15 is 0 Å². The van der Waals surface area contributed by atoms with Crippen LogP contribution in [0.4, 0.5) is 4.79 Å². The van der Waals surface area contributed by atoms with Crippen molar-refractivity contribution in [3.63, 3.8) is 0 Å². The number of aromatic nitrogens is 2. The molecule has 1 N–H and O–H groups in total. The zero-order chi connectivity index (χ0) is 25.2. The lowest BCUT2D eigenvalue weighted by Gasteiger charge is -2.19. The molecule has 0 atom stereocenters. The maximum Gasteiger partial charge on any atom is 0.420 e. The molecular formula is C28H24Cl2N2O3. The van der Waals surface area contributed by atoms with E-state index in [0.29, 0.717) is 27.1 Å². The van der Waals surface area contributed by atoms with Crippen LogP contribution < -0.4 is 0 Å². The van der Waals surface area contributed by atoms with E-state index in [1.807, 2.05) is 63.2 Å². The lowest BCUT2D eigenvalue weighted by atomic mass is 10.0. The fourth-order valence-electron chi connectivity index (χ4n) is 3.44. The van der Waals surface area contributed by atoms with Crippen molar-refractivity contribution in [1.29, 1.82) is 0 Å². The van der Waals surface area contributed by atoms with Gasteiger partial charge in [0.1, 0.15) is 17.2 Å². The average Bonchev–Trinajstić information content (AvgIpc) is 3.21. The Hall–Kier alpha value is -3.54.